The van der Waals surface area contributed by atoms with Crippen molar-refractivity contribution in [2.24, 2.45) is 0 Å². The molecule has 0 saturated carbocycles. The molecule has 0 spiro atoms. The van der Waals surface area contributed by atoms with Gasteiger partial charge in [-0.05, 0) is 6.92 Å². The first-order valence-corrected chi connectivity index (χ1v) is 14.3. The van der Waals surface area contributed by atoms with Crippen LogP contribution in [-0.2, 0) is 42.7 Å². The van der Waals surface area contributed by atoms with Crippen molar-refractivity contribution in [3.63, 3.8) is 0 Å². The van der Waals surface area contributed by atoms with Gasteiger partial charge in [0.2, 0.25) is 0 Å². The fourth-order valence-electron chi connectivity index (χ4n) is 5.44. The van der Waals surface area contributed by atoms with E-state index < -0.39 is 142 Å². The molecule has 4 saturated heterocycles. The first kappa shape index (κ1) is 37.5. The summed E-state index contributed by atoms with van der Waals surface area (Å²) in [6.07, 6.45) is -35.8. The molecule has 4 aliphatic rings. The van der Waals surface area contributed by atoms with E-state index in [2.05, 4.69) is 4.74 Å². The van der Waals surface area contributed by atoms with Crippen LogP contribution in [0.5, 0.6) is 0 Å². The lowest BCUT2D eigenvalue weighted by molar-refractivity contribution is -0.391. The summed E-state index contributed by atoms with van der Waals surface area (Å²) < 4.78 is 42.5. The predicted octanol–water partition coefficient (Wildman–Crippen LogP) is -8.54. The van der Waals surface area contributed by atoms with Crippen LogP contribution in [0.2, 0.25) is 0 Å². The Morgan fingerprint density at radius 2 is 1.13 bits per heavy atom. The lowest BCUT2D eigenvalue weighted by Gasteiger charge is -2.48. The summed E-state index contributed by atoms with van der Waals surface area (Å²) in [4.78, 5) is 11.9. The van der Waals surface area contributed by atoms with E-state index in [1.165, 1.54) is 6.92 Å². The summed E-state index contributed by atoms with van der Waals surface area (Å²) in [7, 11) is 0.967. The van der Waals surface area contributed by atoms with Gasteiger partial charge in [-0.1, -0.05) is 0 Å². The van der Waals surface area contributed by atoms with Crippen LogP contribution in [0, 0.1) is 0 Å². The average Bonchev–Trinajstić information content (AvgIpc) is 3.04. The van der Waals surface area contributed by atoms with Crippen LogP contribution in [0.15, 0.2) is 0 Å². The minimum Gasteiger partial charge on any atom is -0.467 e. The maximum Gasteiger partial charge on any atom is 0.337 e. The summed E-state index contributed by atoms with van der Waals surface area (Å²) in [6.45, 7) is -0.168. The van der Waals surface area contributed by atoms with Crippen molar-refractivity contribution in [1.82, 2.24) is 0 Å². The standard InChI is InChI=1S/C25H42O21/c1-5-8(27)11(30)17(36)24(41-5)46-20-13(32)10(29)7(4-40-23-16(35)12(31)9(28)6(3-26)42-23)43-25(20)45-19-15(34)14(33)18(21(37)39-2)44-22(19)38/h5-20,22-36,38H,3-4H2,1-2H3/t5-,6+,7+,8-,9+,10-,11+,12-,13-,14-,15-,16+,17+,18-,19+,20+,22+,23+,24-,25-/m0/s1. The van der Waals surface area contributed by atoms with Gasteiger partial charge in [-0.2, -0.15) is 0 Å². The summed E-state index contributed by atoms with van der Waals surface area (Å²) in [6, 6.07) is 0. The quantitative estimate of drug-likeness (QED) is 0.101. The molecule has 4 fully saturated rings. The molecule has 0 aromatic rings. The Balaban J connectivity index is 1.55. The SMILES string of the molecule is COC(=O)[C@H]1O[C@@H](O)[C@H](O[C@@H]2O[C@H](CO[C@@H]3O[C@H](CO)[C@@H](O)[C@H](O)[C@H]3O)[C@H](O)[C@H](O)[C@H]2O[C@@H]2O[C@@H](C)[C@H](O)[C@@H](O)[C@H]2O)[C@@H](O)[C@@H]1O. The number of rotatable bonds is 9. The van der Waals surface area contributed by atoms with Crippen molar-refractivity contribution in [2.45, 2.75) is 130 Å². The first-order valence-electron chi connectivity index (χ1n) is 14.3. The third-order valence-corrected chi connectivity index (χ3v) is 8.31. The van der Waals surface area contributed by atoms with Gasteiger partial charge in [0.15, 0.2) is 31.3 Å². The number of carbonyl (C=O) groups excluding carboxylic acids is 1. The van der Waals surface area contributed by atoms with E-state index in [1.807, 2.05) is 0 Å². The van der Waals surface area contributed by atoms with E-state index in [9.17, 15) is 66.1 Å². The number of hydrogen-bond acceptors (Lipinski definition) is 21. The van der Waals surface area contributed by atoms with E-state index >= 15 is 0 Å². The van der Waals surface area contributed by atoms with Crippen LogP contribution in [-0.4, -0.2) is 210 Å². The molecular weight excluding hydrogens is 636 g/mol. The molecule has 4 rings (SSSR count). The van der Waals surface area contributed by atoms with Gasteiger partial charge >= 0.3 is 5.97 Å². The summed E-state index contributed by atoms with van der Waals surface area (Å²) in [5.41, 5.74) is 0. The van der Waals surface area contributed by atoms with Crippen molar-refractivity contribution >= 4 is 5.97 Å². The van der Waals surface area contributed by atoms with Crippen LogP contribution in [0.3, 0.4) is 0 Å². The number of aliphatic hydroxyl groups is 12. The molecule has 0 aromatic carbocycles. The van der Waals surface area contributed by atoms with Crippen LogP contribution in [0.25, 0.3) is 0 Å². The highest BCUT2D eigenvalue weighted by Gasteiger charge is 2.55. The summed E-state index contributed by atoms with van der Waals surface area (Å²) in [5.74, 6) is -1.14. The molecule has 46 heavy (non-hydrogen) atoms. The van der Waals surface area contributed by atoms with Crippen molar-refractivity contribution in [1.29, 1.82) is 0 Å². The Morgan fingerprint density at radius 3 is 1.76 bits per heavy atom. The number of methoxy groups -OCH3 is 1. The van der Waals surface area contributed by atoms with Crippen LogP contribution in [0.4, 0.5) is 0 Å². The highest BCUT2D eigenvalue weighted by atomic mass is 16.8. The molecule has 0 bridgehead atoms. The van der Waals surface area contributed by atoms with E-state index in [1.54, 1.807) is 0 Å². The normalized spacial score (nSPS) is 51.9. The minimum absolute atomic E-state index is 0.739. The van der Waals surface area contributed by atoms with Crippen LogP contribution in [0.1, 0.15) is 6.92 Å². The monoisotopic (exact) mass is 678 g/mol. The van der Waals surface area contributed by atoms with Gasteiger partial charge in [0, 0.05) is 0 Å². The van der Waals surface area contributed by atoms with Crippen molar-refractivity contribution in [3.05, 3.63) is 0 Å². The van der Waals surface area contributed by atoms with Gasteiger partial charge in [-0.3, -0.25) is 0 Å². The molecule has 20 atom stereocenters. The zero-order chi connectivity index (χ0) is 34.2. The van der Waals surface area contributed by atoms with E-state index in [0.29, 0.717) is 0 Å². The Hall–Kier alpha value is -1.29. The highest BCUT2D eigenvalue weighted by Crippen LogP contribution is 2.33. The van der Waals surface area contributed by atoms with E-state index in [-0.39, 0.29) is 0 Å². The fraction of sp³-hybridized carbons (Fsp3) is 0.960. The molecule has 0 radical (unpaired) electrons. The molecule has 4 heterocycles. The van der Waals surface area contributed by atoms with E-state index in [4.69, 9.17) is 33.2 Å². The molecule has 268 valence electrons. The molecular formula is C25H42O21. The molecule has 0 unspecified atom stereocenters. The maximum atomic E-state index is 11.9. The Kier molecular flexibility index (Phi) is 12.6. The zero-order valence-electron chi connectivity index (χ0n) is 24.5. The van der Waals surface area contributed by atoms with Gasteiger partial charge in [-0.25, -0.2) is 4.79 Å². The van der Waals surface area contributed by atoms with Crippen molar-refractivity contribution < 1.29 is 104 Å². The van der Waals surface area contributed by atoms with Gasteiger partial charge in [0.1, 0.15) is 85.5 Å². The Bertz CT molecular complexity index is 989. The molecule has 12 N–H and O–H groups in total. The van der Waals surface area contributed by atoms with Gasteiger partial charge in [0.25, 0.3) is 0 Å². The van der Waals surface area contributed by atoms with Gasteiger partial charge < -0.3 is 99.2 Å². The third-order valence-electron chi connectivity index (χ3n) is 8.31. The number of ether oxygens (including phenoxy) is 8. The summed E-state index contributed by atoms with van der Waals surface area (Å²) >= 11 is 0. The van der Waals surface area contributed by atoms with Gasteiger partial charge in [0.05, 0.1) is 26.4 Å². The lowest BCUT2D eigenvalue weighted by Crippen LogP contribution is -2.67. The number of hydrogen-bond donors (Lipinski definition) is 12. The predicted molar refractivity (Wildman–Crippen MR) is 137 cm³/mol. The van der Waals surface area contributed by atoms with Gasteiger partial charge in [-0.15, -0.1) is 0 Å². The average molecular weight is 679 g/mol. The van der Waals surface area contributed by atoms with Crippen LogP contribution < -0.4 is 0 Å². The minimum atomic E-state index is -2.13. The second-order valence-corrected chi connectivity index (χ2v) is 11.4. The summed E-state index contributed by atoms with van der Waals surface area (Å²) in [5, 5.41) is 124. The van der Waals surface area contributed by atoms with Crippen molar-refractivity contribution in [3.8, 4) is 0 Å². The highest BCUT2D eigenvalue weighted by molar-refractivity contribution is 5.75. The third kappa shape index (κ3) is 7.47. The molecule has 21 heteroatoms. The lowest BCUT2D eigenvalue weighted by atomic mass is 9.96. The smallest absolute Gasteiger partial charge is 0.337 e. The molecule has 21 nitrogen and oxygen atoms in total. The topological polar surface area (TPSA) is 334 Å². The fourth-order valence-corrected chi connectivity index (χ4v) is 5.44. The molecule has 0 aliphatic carbocycles. The van der Waals surface area contributed by atoms with E-state index in [0.717, 1.165) is 7.11 Å². The Morgan fingerprint density at radius 1 is 0.587 bits per heavy atom. The first-order chi connectivity index (χ1) is 21.6. The molecule has 0 aromatic heterocycles. The number of aliphatic hydroxyl groups excluding tert-OH is 12. The second-order valence-electron chi connectivity index (χ2n) is 11.4. The van der Waals surface area contributed by atoms with Crippen molar-refractivity contribution in [2.75, 3.05) is 20.3 Å². The second kappa shape index (κ2) is 15.5. The number of carbonyl (C=O) groups is 1. The van der Waals surface area contributed by atoms with Crippen LogP contribution >= 0.6 is 0 Å². The molecule has 0 amide bonds. The number of esters is 1. The molecule has 4 aliphatic heterocycles. The largest absolute Gasteiger partial charge is 0.467 e. The zero-order valence-corrected chi connectivity index (χ0v) is 24.5. The maximum absolute atomic E-state index is 11.9. The Labute approximate surface area is 260 Å².